The molecule has 0 aliphatic carbocycles. The maximum Gasteiger partial charge on any atom is 0.127 e. The zero-order chi connectivity index (χ0) is 11.8. The molecule has 0 spiro atoms. The zero-order valence-electron chi connectivity index (χ0n) is 9.77. The highest BCUT2D eigenvalue weighted by Crippen LogP contribution is 2.35. The number of nitrogens with two attached hydrogens (primary N) is 1. The van der Waals surface area contributed by atoms with Crippen LogP contribution in [0.25, 0.3) is 0 Å². The molecule has 3 heteroatoms. The molecule has 1 aliphatic heterocycles. The van der Waals surface area contributed by atoms with Crippen LogP contribution in [0.5, 0.6) is 5.75 Å². The van der Waals surface area contributed by atoms with Gasteiger partial charge in [-0.1, -0.05) is 18.2 Å². The van der Waals surface area contributed by atoms with Gasteiger partial charge in [0.25, 0.3) is 0 Å². The number of ether oxygens (including phenoxy) is 1. The van der Waals surface area contributed by atoms with E-state index >= 15 is 0 Å². The van der Waals surface area contributed by atoms with E-state index in [-0.39, 0.29) is 6.04 Å². The van der Waals surface area contributed by atoms with Crippen LogP contribution >= 0.6 is 0 Å². The summed E-state index contributed by atoms with van der Waals surface area (Å²) < 4.78 is 11.2. The fraction of sp³-hybridized carbons (Fsp3) is 0.286. The van der Waals surface area contributed by atoms with Crippen molar-refractivity contribution in [2.75, 3.05) is 6.61 Å². The summed E-state index contributed by atoms with van der Waals surface area (Å²) >= 11 is 0. The van der Waals surface area contributed by atoms with Crippen LogP contribution in [0.3, 0.4) is 0 Å². The number of fused-ring (bicyclic) bond motifs is 1. The van der Waals surface area contributed by atoms with Crippen molar-refractivity contribution in [2.45, 2.75) is 19.4 Å². The molecule has 3 nitrogen and oxygen atoms in total. The third-order valence-corrected chi connectivity index (χ3v) is 3.15. The van der Waals surface area contributed by atoms with Gasteiger partial charge in [0.05, 0.1) is 12.6 Å². The third kappa shape index (κ3) is 1.72. The van der Waals surface area contributed by atoms with Crippen molar-refractivity contribution in [3.05, 3.63) is 53.0 Å². The van der Waals surface area contributed by atoms with E-state index in [2.05, 4.69) is 6.07 Å². The molecule has 0 fully saturated rings. The Morgan fingerprint density at radius 3 is 2.88 bits per heavy atom. The second kappa shape index (κ2) is 3.93. The summed E-state index contributed by atoms with van der Waals surface area (Å²) in [5.74, 6) is 2.60. The second-order valence-corrected chi connectivity index (χ2v) is 4.36. The van der Waals surface area contributed by atoms with Crippen molar-refractivity contribution in [2.24, 2.45) is 5.73 Å². The molecule has 3 rings (SSSR count). The van der Waals surface area contributed by atoms with Crippen molar-refractivity contribution in [1.82, 2.24) is 0 Å². The lowest BCUT2D eigenvalue weighted by atomic mass is 10.0. The first-order valence-electron chi connectivity index (χ1n) is 5.82. The quantitative estimate of drug-likeness (QED) is 0.861. The molecule has 2 N–H and O–H groups in total. The molecular weight excluding hydrogens is 214 g/mol. The summed E-state index contributed by atoms with van der Waals surface area (Å²) in [6, 6.07) is 9.72. The van der Waals surface area contributed by atoms with Gasteiger partial charge in [-0.3, -0.25) is 0 Å². The standard InChI is InChI=1S/C14H15NO2/c1-9-5-6-12(17-9)13(15)11-4-2-3-10-7-8-16-14(10)11/h2-6,13H,7-8,15H2,1H3. The molecule has 1 atom stereocenters. The summed E-state index contributed by atoms with van der Waals surface area (Å²) in [5.41, 5.74) is 8.47. The van der Waals surface area contributed by atoms with Gasteiger partial charge in [0.15, 0.2) is 0 Å². The maximum atomic E-state index is 6.23. The fourth-order valence-electron chi connectivity index (χ4n) is 2.26. The number of furan rings is 1. The lowest BCUT2D eigenvalue weighted by Crippen LogP contribution is -2.12. The monoisotopic (exact) mass is 229 g/mol. The van der Waals surface area contributed by atoms with E-state index in [0.717, 1.165) is 35.9 Å². The highest BCUT2D eigenvalue weighted by Gasteiger charge is 2.22. The van der Waals surface area contributed by atoms with Crippen molar-refractivity contribution in [3.8, 4) is 5.75 Å². The summed E-state index contributed by atoms with van der Waals surface area (Å²) in [7, 11) is 0. The van der Waals surface area contributed by atoms with Gasteiger partial charge in [-0.15, -0.1) is 0 Å². The molecule has 17 heavy (non-hydrogen) atoms. The van der Waals surface area contributed by atoms with E-state index < -0.39 is 0 Å². The van der Waals surface area contributed by atoms with Gasteiger partial charge in [-0.2, -0.15) is 0 Å². The zero-order valence-corrected chi connectivity index (χ0v) is 9.77. The number of hydrogen-bond donors (Lipinski definition) is 1. The third-order valence-electron chi connectivity index (χ3n) is 3.15. The molecule has 1 unspecified atom stereocenters. The molecule has 2 heterocycles. The van der Waals surface area contributed by atoms with Crippen LogP contribution in [0.4, 0.5) is 0 Å². The lowest BCUT2D eigenvalue weighted by molar-refractivity contribution is 0.350. The second-order valence-electron chi connectivity index (χ2n) is 4.36. The molecule has 1 aliphatic rings. The molecule has 1 aromatic heterocycles. The Labute approximate surface area is 100 Å². The van der Waals surface area contributed by atoms with Gasteiger partial charge in [0.1, 0.15) is 17.3 Å². The Hall–Kier alpha value is -1.74. The summed E-state index contributed by atoms with van der Waals surface area (Å²) in [5, 5.41) is 0. The van der Waals surface area contributed by atoms with Crippen LogP contribution in [0.15, 0.2) is 34.7 Å². The van der Waals surface area contributed by atoms with Gasteiger partial charge < -0.3 is 14.9 Å². The van der Waals surface area contributed by atoms with Crippen LogP contribution < -0.4 is 10.5 Å². The number of benzene rings is 1. The van der Waals surface area contributed by atoms with Gasteiger partial charge in [-0.25, -0.2) is 0 Å². The van der Waals surface area contributed by atoms with Crippen molar-refractivity contribution in [1.29, 1.82) is 0 Å². The number of hydrogen-bond acceptors (Lipinski definition) is 3. The van der Waals surface area contributed by atoms with Crippen LogP contribution in [-0.2, 0) is 6.42 Å². The molecule has 2 aromatic rings. The molecule has 0 saturated heterocycles. The van der Waals surface area contributed by atoms with Gasteiger partial charge >= 0.3 is 0 Å². The van der Waals surface area contributed by atoms with Crippen molar-refractivity contribution >= 4 is 0 Å². The maximum absolute atomic E-state index is 6.23. The first kappa shape index (κ1) is 10.4. The predicted molar refractivity (Wildman–Crippen MR) is 65.1 cm³/mol. The summed E-state index contributed by atoms with van der Waals surface area (Å²) in [6.07, 6.45) is 0.965. The normalized spacial score (nSPS) is 15.4. The van der Waals surface area contributed by atoms with E-state index in [1.807, 2.05) is 31.2 Å². The minimum atomic E-state index is -0.253. The molecule has 1 aromatic carbocycles. The van der Waals surface area contributed by atoms with E-state index in [9.17, 15) is 0 Å². The molecule has 0 radical (unpaired) electrons. The molecule has 0 saturated carbocycles. The van der Waals surface area contributed by atoms with E-state index in [1.54, 1.807) is 0 Å². The average molecular weight is 229 g/mol. The molecule has 0 amide bonds. The highest BCUT2D eigenvalue weighted by molar-refractivity contribution is 5.47. The Balaban J connectivity index is 2.02. The molecule has 0 bridgehead atoms. The first-order valence-corrected chi connectivity index (χ1v) is 5.82. The summed E-state index contributed by atoms with van der Waals surface area (Å²) in [4.78, 5) is 0. The molecular formula is C14H15NO2. The Morgan fingerprint density at radius 2 is 2.12 bits per heavy atom. The van der Waals surface area contributed by atoms with Crippen molar-refractivity contribution < 1.29 is 9.15 Å². The first-order chi connectivity index (χ1) is 8.25. The van der Waals surface area contributed by atoms with E-state index in [4.69, 9.17) is 14.9 Å². The minimum Gasteiger partial charge on any atom is -0.493 e. The van der Waals surface area contributed by atoms with Crippen LogP contribution in [0.1, 0.15) is 28.7 Å². The Bertz CT molecular complexity index is 545. The smallest absolute Gasteiger partial charge is 0.127 e. The van der Waals surface area contributed by atoms with E-state index in [0.29, 0.717) is 0 Å². The minimum absolute atomic E-state index is 0.253. The van der Waals surface area contributed by atoms with Gasteiger partial charge in [0.2, 0.25) is 0 Å². The average Bonchev–Trinajstić information content (AvgIpc) is 2.95. The highest BCUT2D eigenvalue weighted by atomic mass is 16.5. The number of aryl methyl sites for hydroxylation is 1. The Morgan fingerprint density at radius 1 is 1.24 bits per heavy atom. The molecule has 88 valence electrons. The summed E-state index contributed by atoms with van der Waals surface area (Å²) in [6.45, 7) is 2.67. The number of rotatable bonds is 2. The SMILES string of the molecule is Cc1ccc(C(N)c2cccc3c2OCC3)o1. The van der Waals surface area contributed by atoms with Crippen LogP contribution in [0, 0.1) is 6.92 Å². The largest absolute Gasteiger partial charge is 0.493 e. The van der Waals surface area contributed by atoms with Gasteiger partial charge in [0, 0.05) is 12.0 Å². The van der Waals surface area contributed by atoms with E-state index in [1.165, 1.54) is 5.56 Å². The van der Waals surface area contributed by atoms with Crippen LogP contribution in [-0.4, -0.2) is 6.61 Å². The van der Waals surface area contributed by atoms with Gasteiger partial charge in [-0.05, 0) is 24.6 Å². The number of para-hydroxylation sites is 1. The van der Waals surface area contributed by atoms with Crippen LogP contribution in [0.2, 0.25) is 0 Å². The Kier molecular flexibility index (Phi) is 2.41. The fourth-order valence-corrected chi connectivity index (χ4v) is 2.26. The predicted octanol–water partition coefficient (Wildman–Crippen LogP) is 2.57. The lowest BCUT2D eigenvalue weighted by Gasteiger charge is -2.13. The topological polar surface area (TPSA) is 48.4 Å². The van der Waals surface area contributed by atoms with Crippen molar-refractivity contribution in [3.63, 3.8) is 0 Å².